The van der Waals surface area contributed by atoms with Gasteiger partial charge in [0.15, 0.2) is 0 Å². The summed E-state index contributed by atoms with van der Waals surface area (Å²) in [6.07, 6.45) is 4.00. The van der Waals surface area contributed by atoms with Gasteiger partial charge in [-0.25, -0.2) is 4.98 Å². The van der Waals surface area contributed by atoms with Crippen molar-refractivity contribution >= 4 is 28.2 Å². The van der Waals surface area contributed by atoms with Gasteiger partial charge in [0.2, 0.25) is 0 Å². The standard InChI is InChI=1S/C16H12ClF2N5/c1-23(9-14-21-4-5-24(14)16(18)19)15-10(7-20)8-22-13-3-2-11(17)6-12(13)15/h2-6,8,16H,9H2,1H3. The first-order valence-corrected chi connectivity index (χ1v) is 7.38. The molecule has 0 saturated carbocycles. The maximum atomic E-state index is 13.0. The first kappa shape index (κ1) is 16.1. The van der Waals surface area contributed by atoms with E-state index in [2.05, 4.69) is 16.0 Å². The Morgan fingerprint density at radius 3 is 2.88 bits per heavy atom. The molecule has 3 aromatic rings. The fraction of sp³-hybridized carbons (Fsp3) is 0.188. The molecule has 0 aliphatic carbocycles. The van der Waals surface area contributed by atoms with Crippen molar-refractivity contribution in [3.05, 3.63) is 53.2 Å². The summed E-state index contributed by atoms with van der Waals surface area (Å²) < 4.78 is 26.8. The van der Waals surface area contributed by atoms with Crippen LogP contribution in [0.5, 0.6) is 0 Å². The molecule has 0 amide bonds. The van der Waals surface area contributed by atoms with E-state index in [0.29, 0.717) is 27.2 Å². The highest BCUT2D eigenvalue weighted by molar-refractivity contribution is 6.31. The summed E-state index contributed by atoms with van der Waals surface area (Å²) in [5.74, 6) is 0.198. The third kappa shape index (κ3) is 2.88. The summed E-state index contributed by atoms with van der Waals surface area (Å²) in [5, 5.41) is 10.6. The Labute approximate surface area is 141 Å². The summed E-state index contributed by atoms with van der Waals surface area (Å²) >= 11 is 6.06. The number of nitriles is 1. The van der Waals surface area contributed by atoms with E-state index in [-0.39, 0.29) is 12.4 Å². The van der Waals surface area contributed by atoms with Gasteiger partial charge in [0, 0.05) is 36.0 Å². The normalized spacial score (nSPS) is 11.0. The molecule has 0 unspecified atom stereocenters. The number of alkyl halides is 2. The van der Waals surface area contributed by atoms with Crippen LogP contribution in [-0.4, -0.2) is 21.6 Å². The molecule has 24 heavy (non-hydrogen) atoms. The molecular weight excluding hydrogens is 336 g/mol. The van der Waals surface area contributed by atoms with Crippen LogP contribution in [0.25, 0.3) is 10.9 Å². The van der Waals surface area contributed by atoms with Gasteiger partial charge in [0.05, 0.1) is 23.3 Å². The monoisotopic (exact) mass is 347 g/mol. The lowest BCUT2D eigenvalue weighted by atomic mass is 10.1. The van der Waals surface area contributed by atoms with E-state index >= 15 is 0 Å². The number of hydrogen-bond donors (Lipinski definition) is 0. The number of pyridine rings is 1. The van der Waals surface area contributed by atoms with Gasteiger partial charge in [-0.2, -0.15) is 14.0 Å². The van der Waals surface area contributed by atoms with Crippen molar-refractivity contribution in [2.24, 2.45) is 0 Å². The van der Waals surface area contributed by atoms with Crippen molar-refractivity contribution in [3.8, 4) is 6.07 Å². The van der Waals surface area contributed by atoms with Crippen molar-refractivity contribution in [1.82, 2.24) is 14.5 Å². The Bertz CT molecular complexity index is 932. The molecule has 0 aliphatic rings. The number of halogens is 3. The van der Waals surface area contributed by atoms with Gasteiger partial charge in [-0.1, -0.05) is 11.6 Å². The Balaban J connectivity index is 2.09. The predicted octanol–water partition coefficient (Wildman–Crippen LogP) is 3.99. The molecule has 2 heterocycles. The number of hydrogen-bond acceptors (Lipinski definition) is 4. The van der Waals surface area contributed by atoms with Crippen LogP contribution >= 0.6 is 11.6 Å². The highest BCUT2D eigenvalue weighted by Crippen LogP contribution is 2.31. The Hall–Kier alpha value is -2.72. The zero-order chi connectivity index (χ0) is 17.3. The molecule has 0 bridgehead atoms. The molecule has 2 aromatic heterocycles. The summed E-state index contributed by atoms with van der Waals surface area (Å²) in [5.41, 5.74) is 1.58. The van der Waals surface area contributed by atoms with E-state index in [4.69, 9.17) is 11.6 Å². The molecule has 0 saturated heterocycles. The topological polar surface area (TPSA) is 57.7 Å². The molecule has 0 aliphatic heterocycles. The highest BCUT2D eigenvalue weighted by Gasteiger charge is 2.18. The SMILES string of the molecule is CN(Cc1nccn1C(F)F)c1c(C#N)cnc2ccc(Cl)cc12. The number of nitrogens with zero attached hydrogens (tertiary/aromatic N) is 5. The maximum Gasteiger partial charge on any atom is 0.319 e. The van der Waals surface area contributed by atoms with Crippen molar-refractivity contribution in [2.45, 2.75) is 13.1 Å². The molecule has 0 spiro atoms. The summed E-state index contributed by atoms with van der Waals surface area (Å²) in [7, 11) is 1.71. The molecule has 8 heteroatoms. The first-order valence-electron chi connectivity index (χ1n) is 7.00. The van der Waals surface area contributed by atoms with E-state index in [1.54, 1.807) is 30.1 Å². The van der Waals surface area contributed by atoms with Crippen LogP contribution in [0.3, 0.4) is 0 Å². The Kier molecular flexibility index (Phi) is 4.32. The molecular formula is C16H12ClF2N5. The second-order valence-electron chi connectivity index (χ2n) is 5.18. The van der Waals surface area contributed by atoms with E-state index < -0.39 is 6.55 Å². The van der Waals surface area contributed by atoms with Gasteiger partial charge in [0.1, 0.15) is 11.9 Å². The van der Waals surface area contributed by atoms with Crippen molar-refractivity contribution < 1.29 is 8.78 Å². The van der Waals surface area contributed by atoms with E-state index in [1.807, 2.05) is 0 Å². The van der Waals surface area contributed by atoms with E-state index in [0.717, 1.165) is 4.57 Å². The Morgan fingerprint density at radius 2 is 2.17 bits per heavy atom. The molecule has 0 N–H and O–H groups in total. The van der Waals surface area contributed by atoms with Gasteiger partial charge in [-0.05, 0) is 18.2 Å². The molecule has 0 radical (unpaired) electrons. The molecule has 0 atom stereocenters. The third-order valence-electron chi connectivity index (χ3n) is 3.64. The second-order valence-corrected chi connectivity index (χ2v) is 5.61. The average Bonchev–Trinajstić information content (AvgIpc) is 3.01. The average molecular weight is 348 g/mol. The van der Waals surface area contributed by atoms with Crippen molar-refractivity contribution in [3.63, 3.8) is 0 Å². The lowest BCUT2D eigenvalue weighted by Crippen LogP contribution is -2.21. The molecule has 1 aromatic carbocycles. The molecule has 122 valence electrons. The first-order chi connectivity index (χ1) is 11.5. The summed E-state index contributed by atoms with van der Waals surface area (Å²) in [6, 6.07) is 7.24. The smallest absolute Gasteiger partial charge is 0.319 e. The lowest BCUT2D eigenvalue weighted by Gasteiger charge is -2.22. The minimum atomic E-state index is -2.67. The van der Waals surface area contributed by atoms with Crippen LogP contribution in [0.15, 0.2) is 36.8 Å². The Morgan fingerprint density at radius 1 is 1.38 bits per heavy atom. The fourth-order valence-corrected chi connectivity index (χ4v) is 2.75. The quantitative estimate of drug-likeness (QED) is 0.716. The molecule has 3 rings (SSSR count). The van der Waals surface area contributed by atoms with Gasteiger partial charge < -0.3 is 4.90 Å². The van der Waals surface area contributed by atoms with Gasteiger partial charge in [-0.3, -0.25) is 9.55 Å². The second kappa shape index (κ2) is 6.42. The van der Waals surface area contributed by atoms with Gasteiger partial charge in [-0.15, -0.1) is 0 Å². The number of benzene rings is 1. The van der Waals surface area contributed by atoms with Crippen LogP contribution in [0.1, 0.15) is 17.9 Å². The zero-order valence-corrected chi connectivity index (χ0v) is 13.4. The lowest BCUT2D eigenvalue weighted by molar-refractivity contribution is 0.0670. The number of aromatic nitrogens is 3. The van der Waals surface area contributed by atoms with Crippen LogP contribution in [-0.2, 0) is 6.54 Å². The third-order valence-corrected chi connectivity index (χ3v) is 3.88. The van der Waals surface area contributed by atoms with Crippen LogP contribution in [0, 0.1) is 11.3 Å². The van der Waals surface area contributed by atoms with Crippen molar-refractivity contribution in [2.75, 3.05) is 11.9 Å². The minimum absolute atomic E-state index is 0.109. The minimum Gasteiger partial charge on any atom is -0.365 e. The maximum absolute atomic E-state index is 13.0. The zero-order valence-electron chi connectivity index (χ0n) is 12.6. The number of imidazole rings is 1. The summed E-state index contributed by atoms with van der Waals surface area (Å²) in [6.45, 7) is -2.56. The van der Waals surface area contributed by atoms with Crippen LogP contribution in [0.4, 0.5) is 14.5 Å². The van der Waals surface area contributed by atoms with E-state index in [9.17, 15) is 14.0 Å². The fourth-order valence-electron chi connectivity index (χ4n) is 2.58. The van der Waals surface area contributed by atoms with Crippen LogP contribution in [0.2, 0.25) is 5.02 Å². The molecule has 5 nitrogen and oxygen atoms in total. The van der Waals surface area contributed by atoms with Crippen LogP contribution < -0.4 is 4.90 Å². The number of anilines is 1. The van der Waals surface area contributed by atoms with Crippen molar-refractivity contribution in [1.29, 1.82) is 5.26 Å². The summed E-state index contributed by atoms with van der Waals surface area (Å²) in [4.78, 5) is 9.90. The van der Waals surface area contributed by atoms with Gasteiger partial charge in [0.25, 0.3) is 0 Å². The number of rotatable bonds is 4. The number of fused-ring (bicyclic) bond motifs is 1. The highest BCUT2D eigenvalue weighted by atomic mass is 35.5. The van der Waals surface area contributed by atoms with E-state index in [1.165, 1.54) is 18.6 Å². The largest absolute Gasteiger partial charge is 0.365 e. The van der Waals surface area contributed by atoms with Gasteiger partial charge >= 0.3 is 6.55 Å². The molecule has 0 fully saturated rings. The predicted molar refractivity (Wildman–Crippen MR) is 87.1 cm³/mol.